The molecule has 0 fully saturated rings. The van der Waals surface area contributed by atoms with E-state index in [-0.39, 0.29) is 0 Å². The van der Waals surface area contributed by atoms with E-state index >= 15 is 0 Å². The first-order valence-corrected chi connectivity index (χ1v) is 6.94. The molecule has 102 valence electrons. The van der Waals surface area contributed by atoms with Gasteiger partial charge in [0.2, 0.25) is 0 Å². The highest BCUT2D eigenvalue weighted by molar-refractivity contribution is 5.97. The van der Waals surface area contributed by atoms with E-state index in [1.807, 2.05) is 18.3 Å². The number of hydrogen-bond donors (Lipinski definition) is 1. The number of aryl methyl sites for hydroxylation is 1. The van der Waals surface area contributed by atoms with Crippen molar-refractivity contribution >= 4 is 16.6 Å². The number of ether oxygens (including phenoxy) is 1. The molecule has 3 heteroatoms. The van der Waals surface area contributed by atoms with Crippen LogP contribution in [0, 0.1) is 6.92 Å². The molecule has 2 aromatic rings. The van der Waals surface area contributed by atoms with Crippen molar-refractivity contribution in [2.24, 2.45) is 0 Å². The maximum atomic E-state index is 5.47. The maximum Gasteiger partial charge on any atom is 0.130 e. The van der Waals surface area contributed by atoms with Gasteiger partial charge in [0.1, 0.15) is 5.75 Å². The quantitative estimate of drug-likeness (QED) is 0.790. The van der Waals surface area contributed by atoms with Gasteiger partial charge in [-0.15, -0.1) is 0 Å². The predicted molar refractivity (Wildman–Crippen MR) is 81.0 cm³/mol. The Morgan fingerprint density at radius 1 is 1.21 bits per heavy atom. The van der Waals surface area contributed by atoms with E-state index in [0.717, 1.165) is 28.9 Å². The summed E-state index contributed by atoms with van der Waals surface area (Å²) in [5, 5.41) is 4.59. The minimum absolute atomic E-state index is 0.881. The average molecular weight is 258 g/mol. The number of nitrogens with zero attached hydrogens (tertiary/aromatic N) is 1. The fourth-order valence-electron chi connectivity index (χ4n) is 2.29. The van der Waals surface area contributed by atoms with Crippen molar-refractivity contribution in [1.82, 2.24) is 4.98 Å². The number of nitrogens with one attached hydrogen (secondary N) is 1. The Kier molecular flexibility index (Phi) is 4.61. The van der Waals surface area contributed by atoms with Crippen LogP contribution in [0.4, 0.5) is 5.69 Å². The average Bonchev–Trinajstić information content (AvgIpc) is 2.44. The van der Waals surface area contributed by atoms with E-state index < -0.39 is 0 Å². The molecule has 0 saturated carbocycles. The van der Waals surface area contributed by atoms with Crippen LogP contribution in [0.25, 0.3) is 10.9 Å². The van der Waals surface area contributed by atoms with Crippen molar-refractivity contribution in [2.45, 2.75) is 33.1 Å². The number of benzene rings is 1. The zero-order chi connectivity index (χ0) is 13.7. The summed E-state index contributed by atoms with van der Waals surface area (Å²) in [5.41, 5.74) is 3.30. The van der Waals surface area contributed by atoms with Crippen LogP contribution in [0.3, 0.4) is 0 Å². The molecule has 0 radical (unpaired) electrons. The molecule has 1 N–H and O–H groups in total. The largest absolute Gasteiger partial charge is 0.496 e. The van der Waals surface area contributed by atoms with Crippen LogP contribution in [-0.2, 0) is 0 Å². The molecule has 1 aromatic carbocycles. The Morgan fingerprint density at radius 2 is 2.05 bits per heavy atom. The van der Waals surface area contributed by atoms with Crippen LogP contribution >= 0.6 is 0 Å². The predicted octanol–water partition coefficient (Wildman–Crippen LogP) is 4.15. The lowest BCUT2D eigenvalue weighted by Crippen LogP contribution is -2.03. The third kappa shape index (κ3) is 2.98. The van der Waals surface area contributed by atoms with E-state index in [1.165, 1.54) is 24.8 Å². The van der Waals surface area contributed by atoms with Gasteiger partial charge < -0.3 is 10.1 Å². The highest BCUT2D eigenvalue weighted by Crippen LogP contribution is 2.32. The molecular weight excluding hydrogens is 236 g/mol. The molecule has 0 bridgehead atoms. The number of unbranched alkanes of at least 4 members (excludes halogenated alkanes) is 2. The molecule has 0 aliphatic carbocycles. The van der Waals surface area contributed by atoms with Crippen molar-refractivity contribution in [1.29, 1.82) is 0 Å². The number of hydrogen-bond acceptors (Lipinski definition) is 3. The standard InChI is InChI=1S/C16H22N2O/c1-4-5-6-10-17-13-9-11-18-16-12(2)7-8-14(19-3)15(13)16/h7-9,11H,4-6,10H2,1-3H3,(H,17,18). The Labute approximate surface area is 115 Å². The molecule has 0 amide bonds. The molecule has 1 heterocycles. The topological polar surface area (TPSA) is 34.2 Å². The number of fused-ring (bicyclic) bond motifs is 1. The van der Waals surface area contributed by atoms with Crippen LogP contribution in [0.1, 0.15) is 31.7 Å². The van der Waals surface area contributed by atoms with Gasteiger partial charge in [0.25, 0.3) is 0 Å². The number of pyridine rings is 1. The molecule has 19 heavy (non-hydrogen) atoms. The summed E-state index contributed by atoms with van der Waals surface area (Å²) in [5.74, 6) is 0.881. The summed E-state index contributed by atoms with van der Waals surface area (Å²) < 4.78 is 5.47. The van der Waals surface area contributed by atoms with Gasteiger partial charge in [-0.05, 0) is 31.0 Å². The highest BCUT2D eigenvalue weighted by atomic mass is 16.5. The summed E-state index contributed by atoms with van der Waals surface area (Å²) in [6.45, 7) is 5.29. The first-order valence-electron chi connectivity index (χ1n) is 6.94. The molecule has 3 nitrogen and oxygen atoms in total. The highest BCUT2D eigenvalue weighted by Gasteiger charge is 2.09. The Bertz CT molecular complexity index is 552. The van der Waals surface area contributed by atoms with Crippen LogP contribution in [-0.4, -0.2) is 18.6 Å². The van der Waals surface area contributed by atoms with Crippen molar-refractivity contribution in [2.75, 3.05) is 19.0 Å². The fraction of sp³-hybridized carbons (Fsp3) is 0.438. The van der Waals surface area contributed by atoms with Gasteiger partial charge in [-0.1, -0.05) is 25.8 Å². The van der Waals surface area contributed by atoms with Crippen molar-refractivity contribution in [3.05, 3.63) is 30.0 Å². The van der Waals surface area contributed by atoms with E-state index in [0.29, 0.717) is 0 Å². The Morgan fingerprint density at radius 3 is 2.79 bits per heavy atom. The second-order valence-corrected chi connectivity index (χ2v) is 4.80. The number of rotatable bonds is 6. The fourth-order valence-corrected chi connectivity index (χ4v) is 2.29. The van der Waals surface area contributed by atoms with Crippen LogP contribution in [0.2, 0.25) is 0 Å². The molecule has 0 saturated heterocycles. The van der Waals surface area contributed by atoms with Gasteiger partial charge in [0.05, 0.1) is 18.0 Å². The van der Waals surface area contributed by atoms with Crippen LogP contribution in [0.5, 0.6) is 5.75 Å². The first-order chi connectivity index (χ1) is 9.27. The van der Waals surface area contributed by atoms with Gasteiger partial charge >= 0.3 is 0 Å². The Hall–Kier alpha value is -1.77. The number of methoxy groups -OCH3 is 1. The summed E-state index contributed by atoms with van der Waals surface area (Å²) in [6.07, 6.45) is 5.54. The molecule has 0 atom stereocenters. The summed E-state index contributed by atoms with van der Waals surface area (Å²) in [4.78, 5) is 4.47. The molecule has 0 aliphatic rings. The molecular formula is C16H22N2O. The van der Waals surface area contributed by atoms with E-state index in [4.69, 9.17) is 4.74 Å². The molecule has 2 rings (SSSR count). The zero-order valence-electron chi connectivity index (χ0n) is 12.0. The zero-order valence-corrected chi connectivity index (χ0v) is 12.0. The summed E-state index contributed by atoms with van der Waals surface area (Å²) >= 11 is 0. The summed E-state index contributed by atoms with van der Waals surface area (Å²) in [7, 11) is 1.71. The van der Waals surface area contributed by atoms with Crippen molar-refractivity contribution in [3.63, 3.8) is 0 Å². The Balaban J connectivity index is 2.35. The van der Waals surface area contributed by atoms with Crippen molar-refractivity contribution in [3.8, 4) is 5.75 Å². The van der Waals surface area contributed by atoms with E-state index in [2.05, 4.69) is 30.2 Å². The molecule has 1 aromatic heterocycles. The monoisotopic (exact) mass is 258 g/mol. The number of aromatic nitrogens is 1. The van der Waals surface area contributed by atoms with Gasteiger partial charge in [-0.3, -0.25) is 4.98 Å². The smallest absolute Gasteiger partial charge is 0.130 e. The molecule has 0 aliphatic heterocycles. The minimum atomic E-state index is 0.881. The summed E-state index contributed by atoms with van der Waals surface area (Å²) in [6, 6.07) is 6.09. The SMILES string of the molecule is CCCCCNc1ccnc2c(C)ccc(OC)c12. The van der Waals surface area contributed by atoms with Gasteiger partial charge in [-0.25, -0.2) is 0 Å². The maximum absolute atomic E-state index is 5.47. The van der Waals surface area contributed by atoms with E-state index in [9.17, 15) is 0 Å². The van der Waals surface area contributed by atoms with Crippen LogP contribution in [0.15, 0.2) is 24.4 Å². The third-order valence-corrected chi connectivity index (χ3v) is 3.37. The van der Waals surface area contributed by atoms with E-state index in [1.54, 1.807) is 7.11 Å². The van der Waals surface area contributed by atoms with Gasteiger partial charge in [-0.2, -0.15) is 0 Å². The van der Waals surface area contributed by atoms with Crippen molar-refractivity contribution < 1.29 is 4.74 Å². The molecule has 0 spiro atoms. The lowest BCUT2D eigenvalue weighted by atomic mass is 10.1. The first kappa shape index (κ1) is 13.7. The normalized spacial score (nSPS) is 10.7. The second-order valence-electron chi connectivity index (χ2n) is 4.80. The second kappa shape index (κ2) is 6.41. The molecule has 0 unspecified atom stereocenters. The third-order valence-electron chi connectivity index (χ3n) is 3.37. The minimum Gasteiger partial charge on any atom is -0.496 e. The lowest BCUT2D eigenvalue weighted by molar-refractivity contribution is 0.420. The van der Waals surface area contributed by atoms with Crippen LogP contribution < -0.4 is 10.1 Å². The number of anilines is 1. The van der Waals surface area contributed by atoms with Gasteiger partial charge in [0, 0.05) is 18.4 Å². The lowest BCUT2D eigenvalue weighted by Gasteiger charge is -2.13. The van der Waals surface area contributed by atoms with Gasteiger partial charge in [0.15, 0.2) is 0 Å².